The van der Waals surface area contributed by atoms with E-state index in [1.54, 1.807) is 0 Å². The highest BCUT2D eigenvalue weighted by Crippen LogP contribution is 2.22. The van der Waals surface area contributed by atoms with Crippen LogP contribution in [0, 0.1) is 15.9 Å². The Kier molecular flexibility index (Phi) is 4.66. The lowest BCUT2D eigenvalue weighted by atomic mass is 10.2. The third-order valence-corrected chi connectivity index (χ3v) is 4.56. The van der Waals surface area contributed by atoms with Crippen molar-refractivity contribution in [2.75, 3.05) is 39.3 Å². The molecule has 1 unspecified atom stereocenters. The van der Waals surface area contributed by atoms with Crippen LogP contribution in [-0.4, -0.2) is 60.0 Å². The summed E-state index contributed by atoms with van der Waals surface area (Å²) >= 11 is 0. The Bertz CT molecular complexity index is 548. The number of hydrogen-bond donors (Lipinski definition) is 1. The van der Waals surface area contributed by atoms with Crippen LogP contribution in [0.25, 0.3) is 0 Å². The first-order valence-corrected chi connectivity index (χ1v) is 7.73. The number of nitrogens with zero attached hydrogens (tertiary/aromatic N) is 3. The summed E-state index contributed by atoms with van der Waals surface area (Å²) in [6.07, 6.45) is 1.11. The minimum atomic E-state index is -0.566. The lowest BCUT2D eigenvalue weighted by molar-refractivity contribution is -0.385. The van der Waals surface area contributed by atoms with Crippen molar-refractivity contribution in [1.82, 2.24) is 15.1 Å². The number of benzene rings is 1. The van der Waals surface area contributed by atoms with Crippen LogP contribution in [-0.2, 0) is 6.54 Å². The molecular formula is C15H21FN4O2. The number of hydrogen-bond acceptors (Lipinski definition) is 5. The Morgan fingerprint density at radius 2 is 2.09 bits per heavy atom. The van der Waals surface area contributed by atoms with Crippen LogP contribution in [0.1, 0.15) is 12.0 Å². The summed E-state index contributed by atoms with van der Waals surface area (Å²) in [6.45, 7) is 6.63. The van der Waals surface area contributed by atoms with Crippen molar-refractivity contribution in [1.29, 1.82) is 0 Å². The monoisotopic (exact) mass is 308 g/mol. The Labute approximate surface area is 129 Å². The predicted octanol–water partition coefficient (Wildman–Crippen LogP) is 1.21. The van der Waals surface area contributed by atoms with Crippen molar-refractivity contribution in [2.45, 2.75) is 19.0 Å². The van der Waals surface area contributed by atoms with Crippen LogP contribution in [0.2, 0.25) is 0 Å². The molecule has 3 rings (SSSR count). The number of rotatable bonds is 4. The normalized spacial score (nSPS) is 23.8. The van der Waals surface area contributed by atoms with Gasteiger partial charge in [0.1, 0.15) is 5.82 Å². The van der Waals surface area contributed by atoms with Gasteiger partial charge in [0.15, 0.2) is 0 Å². The molecule has 0 radical (unpaired) electrons. The Morgan fingerprint density at radius 1 is 1.32 bits per heavy atom. The van der Waals surface area contributed by atoms with E-state index in [1.165, 1.54) is 12.1 Å². The van der Waals surface area contributed by atoms with Gasteiger partial charge < -0.3 is 5.32 Å². The van der Waals surface area contributed by atoms with Crippen LogP contribution >= 0.6 is 0 Å². The highest BCUT2D eigenvalue weighted by atomic mass is 19.1. The number of piperazine rings is 1. The standard InChI is InChI=1S/C15H21FN4O2/c16-15-9-13(20(21)22)2-1-12(15)10-18-6-3-14(11-18)19-7-4-17-5-8-19/h1-2,9,14,17H,3-8,10-11H2. The molecule has 1 N–H and O–H groups in total. The quantitative estimate of drug-likeness (QED) is 0.669. The molecule has 2 fully saturated rings. The van der Waals surface area contributed by atoms with Crippen LogP contribution in [0.4, 0.5) is 10.1 Å². The van der Waals surface area contributed by atoms with E-state index in [-0.39, 0.29) is 5.69 Å². The molecule has 6 nitrogen and oxygen atoms in total. The van der Waals surface area contributed by atoms with Gasteiger partial charge in [0.25, 0.3) is 5.69 Å². The molecule has 0 aliphatic carbocycles. The highest BCUT2D eigenvalue weighted by Gasteiger charge is 2.28. The van der Waals surface area contributed by atoms with E-state index >= 15 is 0 Å². The first-order valence-electron chi connectivity index (χ1n) is 7.73. The zero-order valence-electron chi connectivity index (χ0n) is 12.5. The van der Waals surface area contributed by atoms with Crippen molar-refractivity contribution in [3.05, 3.63) is 39.7 Å². The van der Waals surface area contributed by atoms with Crippen molar-refractivity contribution in [3.63, 3.8) is 0 Å². The van der Waals surface area contributed by atoms with Gasteiger partial charge in [0.2, 0.25) is 0 Å². The second-order valence-electron chi connectivity index (χ2n) is 6.00. The number of non-ortho nitro benzene ring substituents is 1. The summed E-state index contributed by atoms with van der Waals surface area (Å²) in [5.74, 6) is -0.486. The fraction of sp³-hybridized carbons (Fsp3) is 0.600. The van der Waals surface area contributed by atoms with Gasteiger partial charge in [-0.25, -0.2) is 4.39 Å². The van der Waals surface area contributed by atoms with E-state index in [1.807, 2.05) is 0 Å². The Balaban J connectivity index is 1.59. The molecule has 1 aromatic rings. The number of nitrogens with one attached hydrogen (secondary N) is 1. The topological polar surface area (TPSA) is 61.7 Å². The zero-order chi connectivity index (χ0) is 15.5. The number of likely N-dealkylation sites (tertiary alicyclic amines) is 1. The Morgan fingerprint density at radius 3 is 2.77 bits per heavy atom. The molecule has 2 aliphatic heterocycles. The maximum Gasteiger partial charge on any atom is 0.272 e. The molecule has 0 amide bonds. The first kappa shape index (κ1) is 15.3. The molecule has 1 aromatic carbocycles. The van der Waals surface area contributed by atoms with E-state index in [0.29, 0.717) is 18.2 Å². The van der Waals surface area contributed by atoms with Crippen molar-refractivity contribution in [3.8, 4) is 0 Å². The molecule has 0 saturated carbocycles. The minimum Gasteiger partial charge on any atom is -0.314 e. The molecule has 2 aliphatic rings. The van der Waals surface area contributed by atoms with Crippen LogP contribution < -0.4 is 5.32 Å². The molecule has 0 spiro atoms. The average molecular weight is 308 g/mol. The van der Waals surface area contributed by atoms with Crippen molar-refractivity contribution in [2.24, 2.45) is 0 Å². The highest BCUT2D eigenvalue weighted by molar-refractivity contribution is 5.34. The SMILES string of the molecule is O=[N+]([O-])c1ccc(CN2CCC(N3CCNCC3)C2)c(F)c1. The van der Waals surface area contributed by atoms with Gasteiger partial charge in [0.05, 0.1) is 11.0 Å². The molecule has 120 valence electrons. The first-order chi connectivity index (χ1) is 10.6. The third-order valence-electron chi connectivity index (χ3n) is 4.56. The molecule has 2 saturated heterocycles. The summed E-state index contributed by atoms with van der Waals surface area (Å²) in [7, 11) is 0. The molecular weight excluding hydrogens is 287 g/mol. The fourth-order valence-electron chi connectivity index (χ4n) is 3.32. The zero-order valence-corrected chi connectivity index (χ0v) is 12.5. The van der Waals surface area contributed by atoms with E-state index in [0.717, 1.165) is 51.8 Å². The van der Waals surface area contributed by atoms with E-state index < -0.39 is 10.7 Å². The molecule has 0 aromatic heterocycles. The number of halogens is 1. The van der Waals surface area contributed by atoms with E-state index in [9.17, 15) is 14.5 Å². The lowest BCUT2D eigenvalue weighted by Crippen LogP contribution is -2.49. The van der Waals surface area contributed by atoms with Gasteiger partial charge in [0, 0.05) is 63.5 Å². The van der Waals surface area contributed by atoms with Gasteiger partial charge in [-0.05, 0) is 12.5 Å². The maximum atomic E-state index is 14.0. The summed E-state index contributed by atoms with van der Waals surface area (Å²) in [4.78, 5) is 14.8. The third kappa shape index (κ3) is 3.43. The smallest absolute Gasteiger partial charge is 0.272 e. The Hall–Kier alpha value is -1.57. The van der Waals surface area contributed by atoms with Gasteiger partial charge in [-0.15, -0.1) is 0 Å². The number of nitro groups is 1. The number of nitro benzene ring substituents is 1. The maximum absolute atomic E-state index is 14.0. The summed E-state index contributed by atoms with van der Waals surface area (Å²) in [6, 6.07) is 4.47. The molecule has 22 heavy (non-hydrogen) atoms. The summed E-state index contributed by atoms with van der Waals surface area (Å²) in [5, 5.41) is 14.0. The second kappa shape index (κ2) is 6.68. The molecule has 1 atom stereocenters. The van der Waals surface area contributed by atoms with E-state index in [2.05, 4.69) is 15.1 Å². The fourth-order valence-corrected chi connectivity index (χ4v) is 3.32. The second-order valence-corrected chi connectivity index (χ2v) is 6.00. The summed E-state index contributed by atoms with van der Waals surface area (Å²) < 4.78 is 14.0. The minimum absolute atomic E-state index is 0.193. The largest absolute Gasteiger partial charge is 0.314 e. The average Bonchev–Trinajstić information content (AvgIpc) is 2.98. The van der Waals surface area contributed by atoms with Gasteiger partial charge in [-0.1, -0.05) is 0 Å². The van der Waals surface area contributed by atoms with Crippen LogP contribution in [0.5, 0.6) is 0 Å². The van der Waals surface area contributed by atoms with Crippen LogP contribution in [0.3, 0.4) is 0 Å². The molecule has 2 heterocycles. The lowest BCUT2D eigenvalue weighted by Gasteiger charge is -2.32. The predicted molar refractivity (Wildman–Crippen MR) is 81.2 cm³/mol. The van der Waals surface area contributed by atoms with Gasteiger partial charge in [-0.3, -0.25) is 19.9 Å². The molecule has 7 heteroatoms. The summed E-state index contributed by atoms with van der Waals surface area (Å²) in [5.41, 5.74) is 0.341. The van der Waals surface area contributed by atoms with Crippen LogP contribution in [0.15, 0.2) is 18.2 Å². The van der Waals surface area contributed by atoms with Crippen molar-refractivity contribution < 1.29 is 9.31 Å². The van der Waals surface area contributed by atoms with E-state index in [4.69, 9.17) is 0 Å². The van der Waals surface area contributed by atoms with Gasteiger partial charge in [-0.2, -0.15) is 0 Å². The van der Waals surface area contributed by atoms with Gasteiger partial charge >= 0.3 is 0 Å². The molecule has 0 bridgehead atoms. The van der Waals surface area contributed by atoms with Crippen molar-refractivity contribution >= 4 is 5.69 Å².